The fraction of sp³-hybridized carbons (Fsp3) is 0.286. The molecule has 1 aromatic heterocycles. The monoisotopic (exact) mass is 399 g/mol. The maximum absolute atomic E-state index is 12.0. The maximum Gasteiger partial charge on any atom is 0.513 e. The molecule has 1 unspecified atom stereocenters. The molecule has 0 radical (unpaired) electrons. The summed E-state index contributed by atoms with van der Waals surface area (Å²) in [6.45, 7) is 3.37. The van der Waals surface area contributed by atoms with Gasteiger partial charge >= 0.3 is 6.16 Å². The summed E-state index contributed by atoms with van der Waals surface area (Å²) >= 11 is 0. The van der Waals surface area contributed by atoms with Crippen LogP contribution in [-0.2, 0) is 11.3 Å². The van der Waals surface area contributed by atoms with Crippen LogP contribution >= 0.6 is 12.4 Å². The van der Waals surface area contributed by atoms with Gasteiger partial charge < -0.3 is 24.3 Å². The van der Waals surface area contributed by atoms with Gasteiger partial charge in [0.2, 0.25) is 0 Å². The Balaban J connectivity index is 0.00000192. The van der Waals surface area contributed by atoms with E-state index >= 15 is 0 Å². The Morgan fingerprint density at radius 3 is 2.79 bits per heavy atom. The van der Waals surface area contributed by atoms with Crippen molar-refractivity contribution in [3.8, 4) is 5.75 Å². The molecule has 2 aromatic carbocycles. The Bertz CT molecular complexity index is 1030. The number of aromatic nitrogens is 1. The van der Waals surface area contributed by atoms with Crippen LogP contribution in [-0.4, -0.2) is 37.5 Å². The molecule has 146 valence electrons. The second-order valence-corrected chi connectivity index (χ2v) is 6.92. The summed E-state index contributed by atoms with van der Waals surface area (Å²) in [5, 5.41) is 4.43. The van der Waals surface area contributed by atoms with Crippen molar-refractivity contribution in [2.45, 2.75) is 12.6 Å². The van der Waals surface area contributed by atoms with Crippen LogP contribution in [0, 0.1) is 0 Å². The fourth-order valence-electron chi connectivity index (χ4n) is 4.36. The first-order valence-corrected chi connectivity index (χ1v) is 9.20. The lowest BCUT2D eigenvalue weighted by Gasteiger charge is -2.37. The minimum atomic E-state index is -0.689. The number of nitrogens with zero attached hydrogens (tertiary/aromatic N) is 2. The number of benzene rings is 2. The summed E-state index contributed by atoms with van der Waals surface area (Å²) in [4.78, 5) is 14.4. The number of rotatable bonds is 1. The zero-order valence-corrected chi connectivity index (χ0v) is 16.4. The SMILES string of the molecule is COC(=O)Oc1c2n(c3ccccc13)Cc1ccccc1N1CCNCC21.Cl. The van der Waals surface area contributed by atoms with Crippen LogP contribution in [0.2, 0.25) is 0 Å². The lowest BCUT2D eigenvalue weighted by molar-refractivity contribution is 0.121. The Hall–Kier alpha value is -2.70. The van der Waals surface area contributed by atoms with Gasteiger partial charge in [0.15, 0.2) is 5.75 Å². The van der Waals surface area contributed by atoms with E-state index in [-0.39, 0.29) is 18.4 Å². The number of ether oxygens (including phenoxy) is 2. The van der Waals surface area contributed by atoms with E-state index in [0.717, 1.165) is 42.8 Å². The molecule has 0 bridgehead atoms. The third-order valence-electron chi connectivity index (χ3n) is 5.50. The van der Waals surface area contributed by atoms with Crippen molar-refractivity contribution < 1.29 is 14.3 Å². The van der Waals surface area contributed by atoms with Crippen LogP contribution in [0.5, 0.6) is 5.75 Å². The smallest absolute Gasteiger partial charge is 0.437 e. The van der Waals surface area contributed by atoms with Crippen LogP contribution in [0.15, 0.2) is 48.5 Å². The van der Waals surface area contributed by atoms with Crippen molar-refractivity contribution in [1.82, 2.24) is 9.88 Å². The minimum absolute atomic E-state index is 0. The fourth-order valence-corrected chi connectivity index (χ4v) is 4.36. The van der Waals surface area contributed by atoms with Gasteiger partial charge in [0.1, 0.15) is 0 Å². The number of methoxy groups -OCH3 is 1. The van der Waals surface area contributed by atoms with Crippen LogP contribution in [0.3, 0.4) is 0 Å². The number of anilines is 1. The molecule has 1 fully saturated rings. The van der Waals surface area contributed by atoms with Gasteiger partial charge in [0, 0.05) is 30.7 Å². The Morgan fingerprint density at radius 2 is 1.93 bits per heavy atom. The van der Waals surface area contributed by atoms with Crippen molar-refractivity contribution >= 4 is 35.2 Å². The number of carbonyl (C=O) groups is 1. The summed E-state index contributed by atoms with van der Waals surface area (Å²) < 4.78 is 12.8. The quantitative estimate of drug-likeness (QED) is 0.632. The molecule has 1 atom stereocenters. The molecule has 0 saturated carbocycles. The Morgan fingerprint density at radius 1 is 1.14 bits per heavy atom. The molecular weight excluding hydrogens is 378 g/mol. The zero-order valence-electron chi connectivity index (χ0n) is 15.6. The molecule has 3 aromatic rings. The summed E-state index contributed by atoms with van der Waals surface area (Å²) in [5.74, 6) is 0.601. The van der Waals surface area contributed by atoms with Gasteiger partial charge in [-0.1, -0.05) is 30.3 Å². The topological polar surface area (TPSA) is 55.7 Å². The van der Waals surface area contributed by atoms with E-state index in [1.807, 2.05) is 18.2 Å². The van der Waals surface area contributed by atoms with Crippen molar-refractivity contribution in [2.24, 2.45) is 0 Å². The predicted octanol–water partition coefficient (Wildman–Crippen LogP) is 3.72. The minimum Gasteiger partial charge on any atom is -0.437 e. The van der Waals surface area contributed by atoms with Gasteiger partial charge in [-0.25, -0.2) is 4.79 Å². The molecule has 2 aliphatic rings. The van der Waals surface area contributed by atoms with Crippen LogP contribution in [0.1, 0.15) is 17.3 Å². The van der Waals surface area contributed by atoms with Crippen molar-refractivity contribution in [3.63, 3.8) is 0 Å². The number of piperazine rings is 1. The Labute approximate surface area is 169 Å². The molecule has 2 aliphatic heterocycles. The van der Waals surface area contributed by atoms with Gasteiger partial charge in [-0.3, -0.25) is 0 Å². The molecular formula is C21H22ClN3O3. The first-order chi connectivity index (χ1) is 13.3. The number of hydrogen-bond donors (Lipinski definition) is 1. The van der Waals surface area contributed by atoms with E-state index in [0.29, 0.717) is 5.75 Å². The standard InChI is InChI=1S/C21H21N3O3.ClH/c1-26-21(25)27-20-15-7-3-5-9-17(15)24-13-14-6-2-4-8-16(14)23-11-10-22-12-18(23)19(20)24;/h2-9,18,22H,10-13H2,1H3;1H. The molecule has 5 rings (SSSR count). The van der Waals surface area contributed by atoms with E-state index in [1.165, 1.54) is 18.4 Å². The van der Waals surface area contributed by atoms with E-state index in [2.05, 4.69) is 45.1 Å². The van der Waals surface area contributed by atoms with Gasteiger partial charge in [-0.05, 0) is 23.8 Å². The number of carbonyl (C=O) groups excluding carboxylic acids is 1. The van der Waals surface area contributed by atoms with Crippen molar-refractivity contribution in [3.05, 3.63) is 59.8 Å². The molecule has 7 heteroatoms. The van der Waals surface area contributed by atoms with E-state index in [9.17, 15) is 4.79 Å². The van der Waals surface area contributed by atoms with Gasteiger partial charge in [0.25, 0.3) is 0 Å². The summed E-state index contributed by atoms with van der Waals surface area (Å²) in [7, 11) is 1.34. The van der Waals surface area contributed by atoms with Crippen molar-refractivity contribution in [2.75, 3.05) is 31.6 Å². The highest BCUT2D eigenvalue weighted by Gasteiger charge is 2.36. The first-order valence-electron chi connectivity index (χ1n) is 9.20. The highest BCUT2D eigenvalue weighted by atomic mass is 35.5. The molecule has 1 saturated heterocycles. The second kappa shape index (κ2) is 7.37. The predicted molar refractivity (Wildman–Crippen MR) is 111 cm³/mol. The third kappa shape index (κ3) is 2.80. The first kappa shape index (κ1) is 18.7. The molecule has 0 spiro atoms. The molecule has 0 aliphatic carbocycles. The highest BCUT2D eigenvalue weighted by Crippen LogP contribution is 2.44. The maximum atomic E-state index is 12.0. The van der Waals surface area contributed by atoms with Crippen LogP contribution < -0.4 is 15.0 Å². The van der Waals surface area contributed by atoms with Gasteiger partial charge in [-0.2, -0.15) is 0 Å². The number of fused-ring (bicyclic) bond motifs is 7. The molecule has 6 nitrogen and oxygen atoms in total. The normalized spacial score (nSPS) is 17.6. The zero-order chi connectivity index (χ0) is 18.4. The number of halogens is 1. The molecule has 1 N–H and O–H groups in total. The lowest BCUT2D eigenvalue weighted by Crippen LogP contribution is -2.46. The van der Waals surface area contributed by atoms with E-state index < -0.39 is 6.16 Å². The van der Waals surface area contributed by atoms with Crippen molar-refractivity contribution in [1.29, 1.82) is 0 Å². The third-order valence-corrected chi connectivity index (χ3v) is 5.50. The lowest BCUT2D eigenvalue weighted by atomic mass is 10.1. The summed E-state index contributed by atoms with van der Waals surface area (Å²) in [6.07, 6.45) is -0.689. The number of hydrogen-bond acceptors (Lipinski definition) is 5. The molecule has 3 heterocycles. The number of para-hydroxylation sites is 2. The summed E-state index contributed by atoms with van der Waals surface area (Å²) in [6, 6.07) is 16.7. The molecule has 0 amide bonds. The average molecular weight is 400 g/mol. The highest BCUT2D eigenvalue weighted by molar-refractivity contribution is 5.91. The number of nitrogens with one attached hydrogen (secondary N) is 1. The largest absolute Gasteiger partial charge is 0.513 e. The van der Waals surface area contributed by atoms with E-state index in [1.54, 1.807) is 0 Å². The van der Waals surface area contributed by atoms with Gasteiger partial charge in [0.05, 0.1) is 30.9 Å². The summed E-state index contributed by atoms with van der Waals surface area (Å²) in [5.41, 5.74) is 4.60. The van der Waals surface area contributed by atoms with Crippen LogP contribution in [0.25, 0.3) is 10.9 Å². The second-order valence-electron chi connectivity index (χ2n) is 6.92. The van der Waals surface area contributed by atoms with Gasteiger partial charge in [-0.15, -0.1) is 12.4 Å². The Kier molecular flexibility index (Phi) is 4.91. The van der Waals surface area contributed by atoms with Crippen LogP contribution in [0.4, 0.5) is 10.5 Å². The average Bonchev–Trinajstić information content (AvgIpc) is 2.92. The molecule has 28 heavy (non-hydrogen) atoms. The van der Waals surface area contributed by atoms with E-state index in [4.69, 9.17) is 9.47 Å².